The quantitative estimate of drug-likeness (QED) is 0.251. The third-order valence-electron chi connectivity index (χ3n) is 6.38. The molecule has 0 bridgehead atoms. The first-order chi connectivity index (χ1) is 14.6. The van der Waals surface area contributed by atoms with Crippen LogP contribution in [0.15, 0.2) is 91.2 Å². The van der Waals surface area contributed by atoms with Gasteiger partial charge in [0.25, 0.3) is 0 Å². The molecule has 1 nitrogen and oxygen atoms in total. The molecule has 3 aromatic carbocycles. The van der Waals surface area contributed by atoms with E-state index < -0.39 is 0 Å². The lowest BCUT2D eigenvalue weighted by atomic mass is 9.67. The Morgan fingerprint density at radius 1 is 1.00 bits per heavy atom. The minimum Gasteiger partial charge on any atom is -0.482 e. The van der Waals surface area contributed by atoms with E-state index in [4.69, 9.17) is 11.2 Å². The zero-order valence-electron chi connectivity index (χ0n) is 17.6. The Morgan fingerprint density at radius 2 is 1.57 bits per heavy atom. The van der Waals surface area contributed by atoms with E-state index >= 15 is 0 Å². The Morgan fingerprint density at radius 3 is 2.20 bits per heavy atom. The standard InChI is InChI=1S/C29H26O/c1-5-20-30-21(2)18-19-23-12-6-7-13-24(23)22(3)29(4)27-16-10-8-14-25(27)26-15-9-11-17-28(26)29/h1,6-19,22H,2,20H2,3-4H3/b19-18-. The maximum absolute atomic E-state index is 5.41. The van der Waals surface area contributed by atoms with Crippen molar-refractivity contribution < 1.29 is 4.74 Å². The van der Waals surface area contributed by atoms with Crippen LogP contribution in [0.3, 0.4) is 0 Å². The Labute approximate surface area is 179 Å². The summed E-state index contributed by atoms with van der Waals surface area (Å²) in [5.41, 5.74) is 7.80. The van der Waals surface area contributed by atoms with Gasteiger partial charge in [-0.1, -0.05) is 105 Å². The van der Waals surface area contributed by atoms with Crippen LogP contribution in [0.25, 0.3) is 17.2 Å². The fourth-order valence-electron chi connectivity index (χ4n) is 4.69. The third kappa shape index (κ3) is 3.25. The van der Waals surface area contributed by atoms with Gasteiger partial charge in [-0.05, 0) is 45.4 Å². The van der Waals surface area contributed by atoms with Crippen molar-refractivity contribution in [3.05, 3.63) is 113 Å². The van der Waals surface area contributed by atoms with Crippen LogP contribution in [-0.2, 0) is 10.2 Å². The van der Waals surface area contributed by atoms with Gasteiger partial charge in [0.2, 0.25) is 0 Å². The second kappa shape index (κ2) is 8.09. The number of rotatable bonds is 6. The maximum Gasteiger partial charge on any atom is 0.148 e. The Balaban J connectivity index is 1.78. The fourth-order valence-corrected chi connectivity index (χ4v) is 4.69. The monoisotopic (exact) mass is 390 g/mol. The molecule has 3 aromatic rings. The van der Waals surface area contributed by atoms with Crippen LogP contribution in [0.2, 0.25) is 0 Å². The molecule has 1 heteroatoms. The molecule has 0 aliphatic heterocycles. The Kier molecular flexibility index (Phi) is 5.34. The lowest BCUT2D eigenvalue weighted by molar-refractivity contribution is 0.270. The number of ether oxygens (including phenoxy) is 1. The molecule has 0 saturated carbocycles. The molecule has 0 saturated heterocycles. The van der Waals surface area contributed by atoms with E-state index in [2.05, 4.69) is 105 Å². The van der Waals surface area contributed by atoms with Gasteiger partial charge in [0.1, 0.15) is 12.4 Å². The molecule has 0 aromatic heterocycles. The Bertz CT molecular complexity index is 1110. The summed E-state index contributed by atoms with van der Waals surface area (Å²) in [5, 5.41) is 0. The van der Waals surface area contributed by atoms with Gasteiger partial charge in [0, 0.05) is 5.41 Å². The second-order valence-corrected chi connectivity index (χ2v) is 7.94. The molecule has 30 heavy (non-hydrogen) atoms. The lowest BCUT2D eigenvalue weighted by Gasteiger charge is -2.35. The smallest absolute Gasteiger partial charge is 0.148 e. The molecule has 0 fully saturated rings. The highest BCUT2D eigenvalue weighted by Crippen LogP contribution is 2.55. The molecule has 1 aliphatic rings. The lowest BCUT2D eigenvalue weighted by Crippen LogP contribution is -2.28. The van der Waals surface area contributed by atoms with Gasteiger partial charge >= 0.3 is 0 Å². The van der Waals surface area contributed by atoms with Crippen LogP contribution in [-0.4, -0.2) is 6.61 Å². The normalized spacial score (nSPS) is 14.6. The highest BCUT2D eigenvalue weighted by Gasteiger charge is 2.43. The van der Waals surface area contributed by atoms with Gasteiger partial charge in [-0.2, -0.15) is 0 Å². The Hall–Kier alpha value is -3.50. The summed E-state index contributed by atoms with van der Waals surface area (Å²) in [6, 6.07) is 26.1. The molecule has 0 N–H and O–H groups in total. The van der Waals surface area contributed by atoms with Crippen molar-refractivity contribution >= 4 is 6.08 Å². The molecular weight excluding hydrogens is 364 g/mol. The van der Waals surface area contributed by atoms with Gasteiger partial charge < -0.3 is 4.74 Å². The van der Waals surface area contributed by atoms with Crippen LogP contribution in [0, 0.1) is 12.3 Å². The summed E-state index contributed by atoms with van der Waals surface area (Å²) in [6.45, 7) is 8.86. The van der Waals surface area contributed by atoms with Gasteiger partial charge in [0.15, 0.2) is 0 Å². The average Bonchev–Trinajstić information content (AvgIpc) is 3.06. The van der Waals surface area contributed by atoms with Gasteiger partial charge in [-0.25, -0.2) is 0 Å². The van der Waals surface area contributed by atoms with Crippen molar-refractivity contribution in [3.8, 4) is 23.5 Å². The van der Waals surface area contributed by atoms with E-state index in [0.29, 0.717) is 5.76 Å². The molecule has 0 radical (unpaired) electrons. The van der Waals surface area contributed by atoms with E-state index in [1.165, 1.54) is 33.4 Å². The van der Waals surface area contributed by atoms with Crippen molar-refractivity contribution in [2.45, 2.75) is 25.2 Å². The number of allylic oxidation sites excluding steroid dienone is 1. The number of terminal acetylenes is 1. The third-order valence-corrected chi connectivity index (χ3v) is 6.38. The summed E-state index contributed by atoms with van der Waals surface area (Å²) < 4.78 is 5.41. The largest absolute Gasteiger partial charge is 0.482 e. The predicted molar refractivity (Wildman–Crippen MR) is 126 cm³/mol. The van der Waals surface area contributed by atoms with Crippen LogP contribution < -0.4 is 0 Å². The first kappa shape index (κ1) is 19.8. The minimum absolute atomic E-state index is 0.117. The molecular formula is C29H26O. The fraction of sp³-hybridized carbons (Fsp3) is 0.172. The summed E-state index contributed by atoms with van der Waals surface area (Å²) in [7, 11) is 0. The molecule has 0 amide bonds. The molecule has 1 atom stereocenters. The van der Waals surface area contributed by atoms with E-state index in [1.54, 1.807) is 0 Å². The zero-order valence-corrected chi connectivity index (χ0v) is 17.6. The molecule has 0 heterocycles. The second-order valence-electron chi connectivity index (χ2n) is 7.94. The number of hydrogen-bond donors (Lipinski definition) is 0. The average molecular weight is 391 g/mol. The van der Waals surface area contributed by atoms with E-state index in [1.807, 2.05) is 6.08 Å². The highest BCUT2D eigenvalue weighted by molar-refractivity contribution is 5.81. The SMILES string of the molecule is C#CCOC(=C)/C=C\c1ccccc1C(C)C1(C)c2ccccc2-c2ccccc21. The summed E-state index contributed by atoms with van der Waals surface area (Å²) in [6.07, 6.45) is 9.23. The molecule has 1 aliphatic carbocycles. The molecule has 4 rings (SSSR count). The van der Waals surface area contributed by atoms with Crippen molar-refractivity contribution in [2.24, 2.45) is 0 Å². The van der Waals surface area contributed by atoms with Crippen LogP contribution in [0.5, 0.6) is 0 Å². The van der Waals surface area contributed by atoms with Gasteiger partial charge in [-0.3, -0.25) is 0 Å². The van der Waals surface area contributed by atoms with E-state index in [9.17, 15) is 0 Å². The van der Waals surface area contributed by atoms with Crippen molar-refractivity contribution in [2.75, 3.05) is 6.61 Å². The van der Waals surface area contributed by atoms with Gasteiger partial charge in [-0.15, -0.1) is 6.42 Å². The number of hydrogen-bond acceptors (Lipinski definition) is 1. The highest BCUT2D eigenvalue weighted by atomic mass is 16.5. The van der Waals surface area contributed by atoms with Crippen LogP contribution in [0.4, 0.5) is 0 Å². The number of fused-ring (bicyclic) bond motifs is 3. The zero-order chi connectivity index (χ0) is 21.1. The van der Waals surface area contributed by atoms with Crippen molar-refractivity contribution in [1.82, 2.24) is 0 Å². The van der Waals surface area contributed by atoms with Crippen molar-refractivity contribution in [1.29, 1.82) is 0 Å². The van der Waals surface area contributed by atoms with Crippen LogP contribution >= 0.6 is 0 Å². The first-order valence-corrected chi connectivity index (χ1v) is 10.3. The van der Waals surface area contributed by atoms with Crippen molar-refractivity contribution in [3.63, 3.8) is 0 Å². The molecule has 1 unspecified atom stereocenters. The minimum atomic E-state index is -0.117. The summed E-state index contributed by atoms with van der Waals surface area (Å²) in [5.74, 6) is 3.30. The number of benzene rings is 3. The maximum atomic E-state index is 5.41. The van der Waals surface area contributed by atoms with Crippen LogP contribution in [0.1, 0.15) is 42.0 Å². The summed E-state index contributed by atoms with van der Waals surface area (Å²) >= 11 is 0. The first-order valence-electron chi connectivity index (χ1n) is 10.3. The molecule has 0 spiro atoms. The molecule has 148 valence electrons. The predicted octanol–water partition coefficient (Wildman–Crippen LogP) is 6.95. The summed E-state index contributed by atoms with van der Waals surface area (Å²) in [4.78, 5) is 0. The van der Waals surface area contributed by atoms with E-state index in [0.717, 1.165) is 0 Å². The topological polar surface area (TPSA) is 9.23 Å². The van der Waals surface area contributed by atoms with Gasteiger partial charge in [0.05, 0.1) is 0 Å². The van der Waals surface area contributed by atoms with E-state index in [-0.39, 0.29) is 17.9 Å².